The molecular formula is C15H18BrN3S. The van der Waals surface area contributed by atoms with E-state index in [0.29, 0.717) is 6.04 Å². The first-order valence-electron chi connectivity index (χ1n) is 6.74. The average Bonchev–Trinajstić information content (AvgIpc) is 2.91. The third-order valence-electron chi connectivity index (χ3n) is 3.81. The van der Waals surface area contributed by atoms with Crippen molar-refractivity contribution >= 4 is 27.3 Å². The van der Waals surface area contributed by atoms with Crippen LogP contribution in [0.25, 0.3) is 11.3 Å². The first kappa shape index (κ1) is 14.2. The molecular weight excluding hydrogens is 334 g/mol. The summed E-state index contributed by atoms with van der Waals surface area (Å²) in [4.78, 5) is 9.65. The zero-order chi connectivity index (χ0) is 14.1. The van der Waals surface area contributed by atoms with Crippen molar-refractivity contribution in [2.45, 2.75) is 6.04 Å². The maximum absolute atomic E-state index is 4.87. The molecule has 106 valence electrons. The van der Waals surface area contributed by atoms with E-state index in [1.54, 1.807) is 11.3 Å². The summed E-state index contributed by atoms with van der Waals surface area (Å²) in [7, 11) is 4.37. The maximum Gasteiger partial charge on any atom is 0.112 e. The van der Waals surface area contributed by atoms with E-state index in [9.17, 15) is 0 Å². The lowest BCUT2D eigenvalue weighted by Gasteiger charge is -2.36. The van der Waals surface area contributed by atoms with E-state index in [1.807, 2.05) is 6.07 Å². The zero-order valence-corrected chi connectivity index (χ0v) is 14.1. The van der Waals surface area contributed by atoms with Crippen LogP contribution in [0.15, 0.2) is 34.1 Å². The van der Waals surface area contributed by atoms with Gasteiger partial charge in [0, 0.05) is 35.1 Å². The number of piperazine rings is 1. The fourth-order valence-corrected chi connectivity index (χ4v) is 3.97. The molecule has 1 unspecified atom stereocenters. The van der Waals surface area contributed by atoms with Gasteiger partial charge in [0.05, 0.1) is 11.7 Å². The fraction of sp³-hybridized carbons (Fsp3) is 0.400. The number of likely N-dealkylation sites (N-methyl/N-ethyl adjacent to an activating group) is 2. The number of aromatic nitrogens is 1. The Bertz CT molecular complexity index is 598. The van der Waals surface area contributed by atoms with Crippen LogP contribution in [0.4, 0.5) is 0 Å². The normalized spacial score (nSPS) is 21.2. The van der Waals surface area contributed by atoms with Gasteiger partial charge in [0.25, 0.3) is 0 Å². The molecule has 3 nitrogen and oxygen atoms in total. The number of hydrogen-bond donors (Lipinski definition) is 0. The summed E-state index contributed by atoms with van der Waals surface area (Å²) >= 11 is 5.37. The highest BCUT2D eigenvalue weighted by molar-refractivity contribution is 9.10. The first-order valence-corrected chi connectivity index (χ1v) is 8.41. The molecule has 1 saturated heterocycles. The molecule has 0 bridgehead atoms. The van der Waals surface area contributed by atoms with E-state index in [0.717, 1.165) is 29.8 Å². The molecule has 5 heteroatoms. The second-order valence-electron chi connectivity index (χ2n) is 5.31. The van der Waals surface area contributed by atoms with E-state index in [-0.39, 0.29) is 0 Å². The van der Waals surface area contributed by atoms with Crippen LogP contribution in [0.1, 0.15) is 11.0 Å². The summed E-state index contributed by atoms with van der Waals surface area (Å²) in [5.41, 5.74) is 2.24. The minimum Gasteiger partial charge on any atom is -0.303 e. The van der Waals surface area contributed by atoms with Gasteiger partial charge in [-0.05, 0) is 20.2 Å². The summed E-state index contributed by atoms with van der Waals surface area (Å²) in [5, 5.41) is 3.38. The Balaban J connectivity index is 1.88. The lowest BCUT2D eigenvalue weighted by Crippen LogP contribution is -2.44. The highest BCUT2D eigenvalue weighted by Crippen LogP contribution is 2.32. The van der Waals surface area contributed by atoms with Crippen molar-refractivity contribution in [2.75, 3.05) is 33.7 Å². The summed E-state index contributed by atoms with van der Waals surface area (Å²) in [6, 6.07) is 8.67. The van der Waals surface area contributed by atoms with Crippen molar-refractivity contribution in [3.8, 4) is 11.3 Å². The number of rotatable bonds is 2. The molecule has 1 aliphatic rings. The van der Waals surface area contributed by atoms with Gasteiger partial charge in [0.1, 0.15) is 5.01 Å². The van der Waals surface area contributed by atoms with E-state index >= 15 is 0 Å². The lowest BCUT2D eigenvalue weighted by molar-refractivity contribution is 0.115. The Kier molecular flexibility index (Phi) is 4.21. The topological polar surface area (TPSA) is 19.4 Å². The van der Waals surface area contributed by atoms with Gasteiger partial charge >= 0.3 is 0 Å². The predicted molar refractivity (Wildman–Crippen MR) is 88.1 cm³/mol. The molecule has 0 saturated carbocycles. The SMILES string of the molecule is CN1CCN(C)C(c2nc(-c3ccccc3Br)cs2)C1. The standard InChI is InChI=1S/C15H18BrN3S/c1-18-7-8-19(2)14(9-18)15-17-13(10-20-15)11-5-3-4-6-12(11)16/h3-6,10,14H,7-9H2,1-2H3. The fourth-order valence-electron chi connectivity index (χ4n) is 2.51. The molecule has 1 atom stereocenters. The first-order chi connectivity index (χ1) is 9.65. The van der Waals surface area contributed by atoms with E-state index in [2.05, 4.69) is 63.4 Å². The summed E-state index contributed by atoms with van der Waals surface area (Å²) < 4.78 is 1.10. The van der Waals surface area contributed by atoms with Gasteiger partial charge in [-0.15, -0.1) is 11.3 Å². The molecule has 20 heavy (non-hydrogen) atoms. The predicted octanol–water partition coefficient (Wildman–Crippen LogP) is 3.49. The van der Waals surface area contributed by atoms with Crippen molar-refractivity contribution in [3.05, 3.63) is 39.1 Å². The number of hydrogen-bond acceptors (Lipinski definition) is 4. The zero-order valence-electron chi connectivity index (χ0n) is 11.7. The Hall–Kier alpha value is -0.750. The van der Waals surface area contributed by atoms with Crippen LogP contribution in [-0.2, 0) is 0 Å². The van der Waals surface area contributed by atoms with Crippen LogP contribution in [0, 0.1) is 0 Å². The van der Waals surface area contributed by atoms with Gasteiger partial charge in [-0.1, -0.05) is 34.1 Å². The van der Waals surface area contributed by atoms with Crippen molar-refractivity contribution in [1.82, 2.24) is 14.8 Å². The Morgan fingerprint density at radius 2 is 2.05 bits per heavy atom. The second kappa shape index (κ2) is 5.93. The van der Waals surface area contributed by atoms with Gasteiger partial charge in [0.15, 0.2) is 0 Å². The third-order valence-corrected chi connectivity index (χ3v) is 5.45. The number of thiazole rings is 1. The van der Waals surface area contributed by atoms with Crippen LogP contribution in [0.5, 0.6) is 0 Å². The molecule has 2 heterocycles. The van der Waals surface area contributed by atoms with E-state index < -0.39 is 0 Å². The highest BCUT2D eigenvalue weighted by atomic mass is 79.9. The average molecular weight is 352 g/mol. The molecule has 1 aliphatic heterocycles. The third kappa shape index (κ3) is 2.81. The Labute approximate surface area is 132 Å². The molecule has 3 rings (SSSR count). The molecule has 0 spiro atoms. The minimum absolute atomic E-state index is 0.412. The molecule has 0 radical (unpaired) electrons. The quantitative estimate of drug-likeness (QED) is 0.825. The van der Waals surface area contributed by atoms with Gasteiger partial charge in [-0.25, -0.2) is 4.98 Å². The van der Waals surface area contributed by atoms with E-state index in [4.69, 9.17) is 4.98 Å². The van der Waals surface area contributed by atoms with Crippen molar-refractivity contribution in [2.24, 2.45) is 0 Å². The van der Waals surface area contributed by atoms with Crippen molar-refractivity contribution < 1.29 is 0 Å². The summed E-state index contributed by atoms with van der Waals surface area (Å²) in [6.07, 6.45) is 0. The van der Waals surface area contributed by atoms with Gasteiger partial charge in [-0.2, -0.15) is 0 Å². The van der Waals surface area contributed by atoms with Crippen LogP contribution in [0.2, 0.25) is 0 Å². The molecule has 0 N–H and O–H groups in total. The molecule has 0 aliphatic carbocycles. The molecule has 2 aromatic rings. The smallest absolute Gasteiger partial charge is 0.112 e. The Morgan fingerprint density at radius 3 is 2.85 bits per heavy atom. The molecule has 0 amide bonds. The number of halogens is 1. The maximum atomic E-state index is 4.87. The minimum atomic E-state index is 0.412. The molecule has 1 fully saturated rings. The van der Waals surface area contributed by atoms with Crippen LogP contribution < -0.4 is 0 Å². The monoisotopic (exact) mass is 351 g/mol. The van der Waals surface area contributed by atoms with Crippen LogP contribution in [0.3, 0.4) is 0 Å². The van der Waals surface area contributed by atoms with Crippen LogP contribution >= 0.6 is 27.3 Å². The van der Waals surface area contributed by atoms with E-state index in [1.165, 1.54) is 10.6 Å². The molecule has 1 aromatic carbocycles. The molecule has 1 aromatic heterocycles. The number of nitrogens with zero attached hydrogens (tertiary/aromatic N) is 3. The second-order valence-corrected chi connectivity index (χ2v) is 7.05. The number of benzene rings is 1. The highest BCUT2D eigenvalue weighted by Gasteiger charge is 2.26. The Morgan fingerprint density at radius 1 is 1.25 bits per heavy atom. The summed E-state index contributed by atoms with van der Waals surface area (Å²) in [6.45, 7) is 3.29. The lowest BCUT2D eigenvalue weighted by atomic mass is 10.1. The largest absolute Gasteiger partial charge is 0.303 e. The van der Waals surface area contributed by atoms with Crippen LogP contribution in [-0.4, -0.2) is 48.5 Å². The van der Waals surface area contributed by atoms with Crippen molar-refractivity contribution in [3.63, 3.8) is 0 Å². The summed E-state index contributed by atoms with van der Waals surface area (Å²) in [5.74, 6) is 0. The van der Waals surface area contributed by atoms with Gasteiger partial charge in [-0.3, -0.25) is 4.90 Å². The van der Waals surface area contributed by atoms with Gasteiger partial charge < -0.3 is 4.90 Å². The van der Waals surface area contributed by atoms with Gasteiger partial charge in [0.2, 0.25) is 0 Å². The van der Waals surface area contributed by atoms with Crippen molar-refractivity contribution in [1.29, 1.82) is 0 Å².